The zero-order valence-electron chi connectivity index (χ0n) is 31.7. The third-order valence-electron chi connectivity index (χ3n) is 9.47. The lowest BCUT2D eigenvalue weighted by Gasteiger charge is -2.52. The summed E-state index contributed by atoms with van der Waals surface area (Å²) < 4.78 is 68.0. The number of esters is 2. The molecule has 0 bridgehead atoms. The van der Waals surface area contributed by atoms with Gasteiger partial charge in [0.25, 0.3) is 0 Å². The predicted octanol–water partition coefficient (Wildman–Crippen LogP) is 5.30. The first-order valence-corrected chi connectivity index (χ1v) is 17.9. The molecule has 16 heteroatoms. The van der Waals surface area contributed by atoms with Crippen LogP contribution < -0.4 is 4.74 Å². The van der Waals surface area contributed by atoms with Crippen molar-refractivity contribution in [2.45, 2.75) is 115 Å². The summed E-state index contributed by atoms with van der Waals surface area (Å²) in [5.41, 5.74) is 9.19. The van der Waals surface area contributed by atoms with Crippen molar-refractivity contribution in [3.8, 4) is 5.75 Å². The Morgan fingerprint density at radius 3 is 1.74 bits per heavy atom. The zero-order chi connectivity index (χ0) is 38.8. The van der Waals surface area contributed by atoms with Crippen molar-refractivity contribution in [3.63, 3.8) is 0 Å². The number of carbonyl (C=O) groups is 2. The summed E-state index contributed by atoms with van der Waals surface area (Å²) in [6.07, 6.45) is -11.4. The summed E-state index contributed by atoms with van der Waals surface area (Å²) in [4.78, 5) is 30.4. The molecule has 4 heterocycles. The Hall–Kier alpha value is -3.83. The summed E-state index contributed by atoms with van der Waals surface area (Å²) in [6.45, 7) is 10.3. The van der Waals surface area contributed by atoms with Crippen LogP contribution in [0, 0.1) is 10.8 Å². The zero-order valence-corrected chi connectivity index (χ0v) is 31.7. The fraction of sp³-hybridized carbons (Fsp3) is 0.632. The molecule has 4 saturated heterocycles. The van der Waals surface area contributed by atoms with Crippen molar-refractivity contribution in [1.82, 2.24) is 0 Å². The van der Waals surface area contributed by atoms with Gasteiger partial charge in [-0.15, -0.1) is 0 Å². The topological polar surface area (TPSA) is 184 Å². The second-order valence-corrected chi connectivity index (χ2v) is 15.6. The van der Waals surface area contributed by atoms with Crippen molar-refractivity contribution >= 4 is 11.9 Å². The monoisotopic (exact) mass is 755 g/mol. The minimum Gasteiger partial charge on any atom is -0.497 e. The average Bonchev–Trinajstić information content (AvgIpc) is 3.15. The minimum absolute atomic E-state index is 0.00848. The number of methoxy groups -OCH3 is 2. The summed E-state index contributed by atoms with van der Waals surface area (Å²) in [5.74, 6) is -0.541. The maximum Gasteiger partial charge on any atom is 0.311 e. The van der Waals surface area contributed by atoms with Crippen molar-refractivity contribution in [2.75, 3.05) is 27.4 Å². The summed E-state index contributed by atoms with van der Waals surface area (Å²) in [7, 11) is 2.98. The van der Waals surface area contributed by atoms with Crippen molar-refractivity contribution in [3.05, 3.63) is 76.2 Å². The fourth-order valence-electron chi connectivity index (χ4n) is 6.47. The Kier molecular flexibility index (Phi) is 12.2. The first-order chi connectivity index (χ1) is 25.7. The van der Waals surface area contributed by atoms with Crippen LogP contribution in [0.5, 0.6) is 5.75 Å². The van der Waals surface area contributed by atoms with Crippen molar-refractivity contribution in [2.24, 2.45) is 15.9 Å². The molecule has 0 radical (unpaired) electrons. The van der Waals surface area contributed by atoms with E-state index in [1.165, 1.54) is 7.11 Å². The van der Waals surface area contributed by atoms with Crippen LogP contribution >= 0.6 is 0 Å². The molecule has 12 atom stereocenters. The normalized spacial score (nSPS) is 34.0. The molecule has 54 heavy (non-hydrogen) atoms. The van der Waals surface area contributed by atoms with Crippen LogP contribution in [0.3, 0.4) is 0 Å². The van der Waals surface area contributed by atoms with Gasteiger partial charge in [-0.1, -0.05) is 47.6 Å². The number of hydrogen-bond donors (Lipinski definition) is 0. The van der Waals surface area contributed by atoms with Crippen molar-refractivity contribution < 1.29 is 61.7 Å². The van der Waals surface area contributed by atoms with Gasteiger partial charge >= 0.3 is 11.9 Å². The molecule has 6 rings (SSSR count). The number of azide groups is 1. The van der Waals surface area contributed by atoms with Crippen LogP contribution in [0.2, 0.25) is 0 Å². The van der Waals surface area contributed by atoms with E-state index in [1.807, 2.05) is 30.3 Å². The van der Waals surface area contributed by atoms with Gasteiger partial charge in [-0.05, 0) is 59.2 Å². The number of benzene rings is 2. The van der Waals surface area contributed by atoms with Gasteiger partial charge < -0.3 is 52.1 Å². The van der Waals surface area contributed by atoms with Crippen LogP contribution in [0.25, 0.3) is 10.4 Å². The molecule has 4 aliphatic rings. The van der Waals surface area contributed by atoms with E-state index in [0.29, 0.717) is 11.3 Å². The van der Waals surface area contributed by atoms with Crippen LogP contribution in [0.15, 0.2) is 59.7 Å². The first kappa shape index (κ1) is 39.9. The largest absolute Gasteiger partial charge is 0.497 e. The molecule has 2 aromatic carbocycles. The minimum atomic E-state index is -1.42. The van der Waals surface area contributed by atoms with E-state index < -0.39 is 96.7 Å². The van der Waals surface area contributed by atoms with Crippen LogP contribution in [0.4, 0.5) is 0 Å². The van der Waals surface area contributed by atoms with E-state index in [4.69, 9.17) is 52.1 Å². The highest BCUT2D eigenvalue weighted by molar-refractivity contribution is 5.76. The average molecular weight is 756 g/mol. The highest BCUT2D eigenvalue weighted by Gasteiger charge is 2.58. The van der Waals surface area contributed by atoms with Gasteiger partial charge in [-0.2, -0.15) is 0 Å². The predicted molar refractivity (Wildman–Crippen MR) is 187 cm³/mol. The van der Waals surface area contributed by atoms with Crippen LogP contribution in [-0.2, 0) is 57.0 Å². The Labute approximate surface area is 314 Å². The third kappa shape index (κ3) is 8.67. The standard InChI is InChI=1S/C38H49N3O13/c1-37(2,3)35(42)53-29-27-24(19-47-32(51-27)21-14-16-22(44-7)17-15-21)49-34(30(29)54-36(43)38(4,5)6)52-28-25(40-41-39)33(45-8)48-23-18-46-31(50-26(23)28)20-12-10-9-11-13-20/h9-17,23-34H,18-19H2,1-8H3/t23-,24-,25-,26-,27-,28-,29+,30-,31?,32?,33-,34+/m1/s1. The van der Waals surface area contributed by atoms with Gasteiger partial charge in [0.15, 0.2) is 37.4 Å². The van der Waals surface area contributed by atoms with Crippen LogP contribution in [-0.4, -0.2) is 101 Å². The number of rotatable bonds is 9. The Balaban J connectivity index is 1.38. The van der Waals surface area contributed by atoms with Gasteiger partial charge in [0.05, 0.1) is 31.2 Å². The lowest BCUT2D eigenvalue weighted by molar-refractivity contribution is -0.393. The highest BCUT2D eigenvalue weighted by atomic mass is 16.8. The number of fused-ring (bicyclic) bond motifs is 2. The smallest absolute Gasteiger partial charge is 0.311 e. The van der Waals surface area contributed by atoms with Gasteiger partial charge in [-0.25, -0.2) is 0 Å². The van der Waals surface area contributed by atoms with E-state index >= 15 is 0 Å². The molecule has 16 nitrogen and oxygen atoms in total. The van der Waals surface area contributed by atoms with E-state index in [0.717, 1.165) is 5.56 Å². The maximum atomic E-state index is 13.7. The number of hydrogen-bond acceptors (Lipinski definition) is 14. The first-order valence-electron chi connectivity index (χ1n) is 17.9. The Bertz CT molecular complexity index is 1640. The Morgan fingerprint density at radius 2 is 1.22 bits per heavy atom. The van der Waals surface area contributed by atoms with Gasteiger partial charge in [0.2, 0.25) is 0 Å². The van der Waals surface area contributed by atoms with E-state index in [1.54, 1.807) is 72.9 Å². The number of ether oxygens (including phenoxy) is 11. The summed E-state index contributed by atoms with van der Waals surface area (Å²) in [6, 6.07) is 15.3. The molecule has 0 amide bonds. The lowest BCUT2D eigenvalue weighted by Crippen LogP contribution is -2.68. The van der Waals surface area contributed by atoms with Crippen LogP contribution in [0.1, 0.15) is 65.2 Å². The molecule has 4 aliphatic heterocycles. The number of carbonyl (C=O) groups excluding carboxylic acids is 2. The maximum absolute atomic E-state index is 13.7. The summed E-state index contributed by atoms with van der Waals surface area (Å²) >= 11 is 0. The van der Waals surface area contributed by atoms with Gasteiger partial charge in [0, 0.05) is 23.1 Å². The van der Waals surface area contributed by atoms with Gasteiger partial charge in [-0.3, -0.25) is 9.59 Å². The molecule has 2 unspecified atom stereocenters. The summed E-state index contributed by atoms with van der Waals surface area (Å²) in [5, 5.41) is 4.01. The molecule has 0 aromatic heterocycles. The molecule has 2 aromatic rings. The molecular weight excluding hydrogens is 706 g/mol. The van der Waals surface area contributed by atoms with E-state index in [-0.39, 0.29) is 13.2 Å². The Morgan fingerprint density at radius 1 is 0.704 bits per heavy atom. The SMILES string of the molecule is COc1ccc(C2OC[C@H]3O[C@@H](O[C@@H]4[C@@H](N=[N+]=[N-])[C@H](OC)O[C@@H]5COC(c6ccccc6)O[C@@H]45)[C@H](OC(=O)C(C)(C)C)[C@@H](OC(=O)C(C)(C)C)[C@@H]3O2)cc1. The quantitative estimate of drug-likeness (QED) is 0.139. The van der Waals surface area contributed by atoms with Crippen molar-refractivity contribution in [1.29, 1.82) is 0 Å². The molecule has 0 saturated carbocycles. The second-order valence-electron chi connectivity index (χ2n) is 15.6. The van der Waals surface area contributed by atoms with Gasteiger partial charge in [0.1, 0.15) is 42.3 Å². The molecule has 294 valence electrons. The molecule has 0 spiro atoms. The third-order valence-corrected chi connectivity index (χ3v) is 9.47. The second kappa shape index (κ2) is 16.5. The molecule has 4 fully saturated rings. The lowest BCUT2D eigenvalue weighted by atomic mass is 9.93. The molecule has 0 N–H and O–H groups in total. The van der Waals surface area contributed by atoms with E-state index in [2.05, 4.69) is 10.0 Å². The fourth-order valence-corrected chi connectivity index (χ4v) is 6.47. The highest BCUT2D eigenvalue weighted by Crippen LogP contribution is 2.42. The molecular formula is C38H49N3O13. The molecule has 0 aliphatic carbocycles. The van der Waals surface area contributed by atoms with E-state index in [9.17, 15) is 15.1 Å². The number of nitrogens with zero attached hydrogens (tertiary/aromatic N) is 3.